The molecule has 0 heterocycles. The quantitative estimate of drug-likeness (QED) is 0.409. The zero-order valence-electron chi connectivity index (χ0n) is 6.63. The highest BCUT2D eigenvalue weighted by Gasteiger charge is 2.11. The van der Waals surface area contributed by atoms with Gasteiger partial charge >= 0.3 is 0 Å². The molecule has 0 saturated heterocycles. The lowest BCUT2D eigenvalue weighted by molar-refractivity contribution is -0.127. The predicted octanol–water partition coefficient (Wildman–Crippen LogP) is -0.0479. The van der Waals surface area contributed by atoms with Gasteiger partial charge in [0.15, 0.2) is 5.78 Å². The second-order valence-corrected chi connectivity index (χ2v) is 2.63. The van der Waals surface area contributed by atoms with E-state index in [0.29, 0.717) is 12.8 Å². The Kier molecular flexibility index (Phi) is 3.88. The van der Waals surface area contributed by atoms with Gasteiger partial charge in [-0.05, 0) is 21.0 Å². The third-order valence-corrected chi connectivity index (χ3v) is 1.18. The topological polar surface area (TPSA) is 37.4 Å². The van der Waals surface area contributed by atoms with Crippen LogP contribution in [0.3, 0.4) is 0 Å². The van der Waals surface area contributed by atoms with Crippen molar-refractivity contribution in [2.24, 2.45) is 5.92 Å². The first kappa shape index (κ1) is 9.30. The molecule has 0 aliphatic rings. The van der Waals surface area contributed by atoms with Gasteiger partial charge in [0.1, 0.15) is 6.29 Å². The number of ketones is 1. The van der Waals surface area contributed by atoms with Crippen LogP contribution >= 0.6 is 0 Å². The summed E-state index contributed by atoms with van der Waals surface area (Å²) in [6.45, 7) is 1.96. The van der Waals surface area contributed by atoms with E-state index in [-0.39, 0.29) is 5.78 Å². The van der Waals surface area contributed by atoms with Crippen molar-refractivity contribution in [3.63, 3.8) is 0 Å². The van der Waals surface area contributed by atoms with Crippen LogP contribution in [0.1, 0.15) is 6.92 Å². The normalized spacial score (nSPS) is 13.2. The molecule has 0 bridgehead atoms. The molecule has 0 aromatic heterocycles. The number of likely N-dealkylation sites (N-methyl/N-ethyl adjacent to an activating group) is 1. The van der Waals surface area contributed by atoms with Gasteiger partial charge in [0, 0.05) is 0 Å². The lowest BCUT2D eigenvalue weighted by atomic mass is 10.1. The molecule has 58 valence electrons. The first-order valence-corrected chi connectivity index (χ1v) is 3.20. The summed E-state index contributed by atoms with van der Waals surface area (Å²) in [7, 11) is 3.60. The number of rotatable bonds is 4. The minimum atomic E-state index is -0.456. The highest BCUT2D eigenvalue weighted by atomic mass is 16.1. The predicted molar refractivity (Wildman–Crippen MR) is 38.8 cm³/mol. The molecule has 0 aliphatic heterocycles. The number of aldehydes is 1. The SMILES string of the molecule is CC(C=O)C(=O)CN(C)C. The average molecular weight is 143 g/mol. The van der Waals surface area contributed by atoms with Crippen LogP contribution in [-0.4, -0.2) is 37.6 Å². The Labute approximate surface area is 61.0 Å². The molecule has 1 unspecified atom stereocenters. The third-order valence-electron chi connectivity index (χ3n) is 1.18. The Morgan fingerprint density at radius 2 is 2.10 bits per heavy atom. The summed E-state index contributed by atoms with van der Waals surface area (Å²) >= 11 is 0. The minimum absolute atomic E-state index is 0.0278. The van der Waals surface area contributed by atoms with E-state index in [4.69, 9.17) is 0 Å². The molecule has 0 radical (unpaired) electrons. The van der Waals surface area contributed by atoms with Crippen molar-refractivity contribution in [3.8, 4) is 0 Å². The number of Topliss-reactive ketones (excluding diaryl/α,β-unsaturated/α-hetero) is 1. The fraction of sp³-hybridized carbons (Fsp3) is 0.714. The van der Waals surface area contributed by atoms with Crippen LogP contribution in [0.15, 0.2) is 0 Å². The van der Waals surface area contributed by atoms with Crippen LogP contribution in [-0.2, 0) is 9.59 Å². The highest BCUT2D eigenvalue weighted by molar-refractivity contribution is 5.93. The van der Waals surface area contributed by atoms with E-state index in [2.05, 4.69) is 0 Å². The van der Waals surface area contributed by atoms with Gasteiger partial charge in [-0.2, -0.15) is 0 Å². The van der Waals surface area contributed by atoms with Gasteiger partial charge in [0.05, 0.1) is 12.5 Å². The zero-order valence-corrected chi connectivity index (χ0v) is 6.63. The van der Waals surface area contributed by atoms with Crippen molar-refractivity contribution in [2.75, 3.05) is 20.6 Å². The van der Waals surface area contributed by atoms with Crippen LogP contribution in [0.25, 0.3) is 0 Å². The maximum atomic E-state index is 10.9. The van der Waals surface area contributed by atoms with Gasteiger partial charge in [0.2, 0.25) is 0 Å². The Morgan fingerprint density at radius 1 is 1.60 bits per heavy atom. The van der Waals surface area contributed by atoms with Gasteiger partial charge in [-0.1, -0.05) is 0 Å². The van der Waals surface area contributed by atoms with Crippen molar-refractivity contribution in [3.05, 3.63) is 0 Å². The van der Waals surface area contributed by atoms with Gasteiger partial charge in [-0.3, -0.25) is 4.79 Å². The molecular formula is C7H13NO2. The van der Waals surface area contributed by atoms with E-state index in [9.17, 15) is 9.59 Å². The number of hydrogen-bond acceptors (Lipinski definition) is 3. The first-order valence-electron chi connectivity index (χ1n) is 3.20. The van der Waals surface area contributed by atoms with E-state index < -0.39 is 5.92 Å². The molecular weight excluding hydrogens is 130 g/mol. The lowest BCUT2D eigenvalue weighted by Crippen LogP contribution is -2.26. The summed E-state index contributed by atoms with van der Waals surface area (Å²) in [5.74, 6) is -0.484. The Morgan fingerprint density at radius 3 is 2.40 bits per heavy atom. The molecule has 10 heavy (non-hydrogen) atoms. The molecule has 0 aliphatic carbocycles. The molecule has 0 spiro atoms. The zero-order chi connectivity index (χ0) is 8.15. The molecule has 0 amide bonds. The lowest BCUT2D eigenvalue weighted by Gasteiger charge is -2.08. The molecule has 1 atom stereocenters. The fourth-order valence-corrected chi connectivity index (χ4v) is 0.532. The summed E-state index contributed by atoms with van der Waals surface area (Å²) in [4.78, 5) is 22.8. The van der Waals surface area contributed by atoms with Crippen LogP contribution in [0.4, 0.5) is 0 Å². The molecule has 3 heteroatoms. The Balaban J connectivity index is 3.73. The van der Waals surface area contributed by atoms with Crippen molar-refractivity contribution >= 4 is 12.1 Å². The van der Waals surface area contributed by atoms with E-state index in [1.54, 1.807) is 25.9 Å². The van der Waals surface area contributed by atoms with E-state index in [0.717, 1.165) is 0 Å². The molecule has 0 N–H and O–H groups in total. The smallest absolute Gasteiger partial charge is 0.156 e. The van der Waals surface area contributed by atoms with Crippen LogP contribution in [0.5, 0.6) is 0 Å². The second-order valence-electron chi connectivity index (χ2n) is 2.63. The van der Waals surface area contributed by atoms with Gasteiger partial charge in [0.25, 0.3) is 0 Å². The third kappa shape index (κ3) is 3.35. The second kappa shape index (κ2) is 4.17. The first-order chi connectivity index (χ1) is 4.57. The average Bonchev–Trinajstić information content (AvgIpc) is 1.85. The van der Waals surface area contributed by atoms with Crippen molar-refractivity contribution in [1.82, 2.24) is 4.90 Å². The summed E-state index contributed by atoms with van der Waals surface area (Å²) in [5, 5.41) is 0. The summed E-state index contributed by atoms with van der Waals surface area (Å²) < 4.78 is 0. The van der Waals surface area contributed by atoms with Crippen molar-refractivity contribution in [1.29, 1.82) is 0 Å². The van der Waals surface area contributed by atoms with Gasteiger partial charge in [-0.15, -0.1) is 0 Å². The fourth-order valence-electron chi connectivity index (χ4n) is 0.532. The standard InChI is InChI=1S/C7H13NO2/c1-6(5-9)7(10)4-8(2)3/h5-6H,4H2,1-3H3. The molecule has 0 aromatic rings. The molecule has 0 saturated carbocycles. The summed E-state index contributed by atoms with van der Waals surface area (Å²) in [6.07, 6.45) is 0.672. The van der Waals surface area contributed by atoms with E-state index in [1.165, 1.54) is 0 Å². The van der Waals surface area contributed by atoms with Crippen LogP contribution in [0.2, 0.25) is 0 Å². The highest BCUT2D eigenvalue weighted by Crippen LogP contribution is 1.92. The molecule has 0 fully saturated rings. The van der Waals surface area contributed by atoms with Crippen LogP contribution in [0, 0.1) is 5.92 Å². The minimum Gasteiger partial charge on any atom is -0.303 e. The van der Waals surface area contributed by atoms with Crippen LogP contribution < -0.4 is 0 Å². The van der Waals surface area contributed by atoms with Crippen molar-refractivity contribution in [2.45, 2.75) is 6.92 Å². The number of carbonyl (C=O) groups excluding carboxylic acids is 2. The maximum Gasteiger partial charge on any atom is 0.156 e. The monoisotopic (exact) mass is 143 g/mol. The van der Waals surface area contributed by atoms with Crippen molar-refractivity contribution < 1.29 is 9.59 Å². The largest absolute Gasteiger partial charge is 0.303 e. The maximum absolute atomic E-state index is 10.9. The van der Waals surface area contributed by atoms with E-state index >= 15 is 0 Å². The number of nitrogens with zero attached hydrogens (tertiary/aromatic N) is 1. The molecule has 0 rings (SSSR count). The summed E-state index contributed by atoms with van der Waals surface area (Å²) in [5.41, 5.74) is 0. The van der Waals surface area contributed by atoms with E-state index in [1.807, 2.05) is 0 Å². The van der Waals surface area contributed by atoms with Gasteiger partial charge < -0.3 is 9.69 Å². The van der Waals surface area contributed by atoms with Gasteiger partial charge in [-0.25, -0.2) is 0 Å². The Bertz CT molecular complexity index is 132. The number of carbonyl (C=O) groups is 2. The Hall–Kier alpha value is -0.700. The molecule has 3 nitrogen and oxygen atoms in total. The molecule has 0 aromatic carbocycles. The summed E-state index contributed by atoms with van der Waals surface area (Å²) in [6, 6.07) is 0. The number of hydrogen-bond donors (Lipinski definition) is 0.